The molecule has 2 rings (SSSR count). The Morgan fingerprint density at radius 1 is 1.42 bits per heavy atom. The van der Waals surface area contributed by atoms with Crippen molar-refractivity contribution in [3.63, 3.8) is 0 Å². The van der Waals surface area contributed by atoms with Crippen LogP contribution < -0.4 is 15.8 Å². The van der Waals surface area contributed by atoms with Crippen LogP contribution in [0.2, 0.25) is 0 Å². The van der Waals surface area contributed by atoms with Crippen molar-refractivity contribution in [2.24, 2.45) is 5.92 Å². The maximum atomic E-state index is 11.9. The summed E-state index contributed by atoms with van der Waals surface area (Å²) < 4.78 is 5.08. The number of methoxy groups -OCH3 is 1. The first kappa shape index (κ1) is 13.7. The zero-order chi connectivity index (χ0) is 13.7. The Kier molecular flexibility index (Phi) is 4.66. The Hall–Kier alpha value is -1.71. The fraction of sp³-hybridized carbons (Fsp3) is 0.533. The highest BCUT2D eigenvalue weighted by molar-refractivity contribution is 5.91. The van der Waals surface area contributed by atoms with Crippen molar-refractivity contribution in [3.8, 4) is 5.75 Å². The first-order chi connectivity index (χ1) is 9.19. The zero-order valence-corrected chi connectivity index (χ0v) is 11.4. The van der Waals surface area contributed by atoms with Gasteiger partial charge in [-0.1, -0.05) is 25.7 Å². The maximum Gasteiger partial charge on any atom is 0.224 e. The van der Waals surface area contributed by atoms with Crippen LogP contribution in [-0.4, -0.2) is 13.0 Å². The number of hydrogen-bond donors (Lipinski definition) is 2. The minimum absolute atomic E-state index is 0.0662. The fourth-order valence-corrected chi connectivity index (χ4v) is 2.67. The molecule has 1 saturated carbocycles. The standard InChI is InChI=1S/C15H22N2O2/c1-19-14-8-7-12(10-13(14)16)17-15(18)9-6-11-4-2-3-5-11/h7-8,10-11H,2-6,9,16H2,1H3,(H,17,18). The van der Waals surface area contributed by atoms with E-state index in [9.17, 15) is 4.79 Å². The van der Waals surface area contributed by atoms with Crippen molar-refractivity contribution < 1.29 is 9.53 Å². The van der Waals surface area contributed by atoms with Crippen molar-refractivity contribution in [2.75, 3.05) is 18.2 Å². The Labute approximate surface area is 114 Å². The highest BCUT2D eigenvalue weighted by atomic mass is 16.5. The molecule has 0 spiro atoms. The number of anilines is 2. The highest BCUT2D eigenvalue weighted by Gasteiger charge is 2.16. The topological polar surface area (TPSA) is 64.3 Å². The molecule has 19 heavy (non-hydrogen) atoms. The molecule has 0 aromatic heterocycles. The molecule has 1 amide bonds. The number of rotatable bonds is 5. The SMILES string of the molecule is COc1ccc(NC(=O)CCC2CCCC2)cc1N. The lowest BCUT2D eigenvalue weighted by atomic mass is 10.0. The molecule has 4 heteroatoms. The summed E-state index contributed by atoms with van der Waals surface area (Å²) in [5.41, 5.74) is 7.07. The van der Waals surface area contributed by atoms with Crippen LogP contribution in [0.1, 0.15) is 38.5 Å². The molecule has 3 N–H and O–H groups in total. The number of benzene rings is 1. The number of carbonyl (C=O) groups is 1. The predicted octanol–water partition coefficient (Wildman–Crippen LogP) is 3.19. The molecule has 104 valence electrons. The average Bonchev–Trinajstić information content (AvgIpc) is 2.90. The molecule has 1 aliphatic rings. The second-order valence-corrected chi connectivity index (χ2v) is 5.19. The number of nitrogens with one attached hydrogen (secondary N) is 1. The monoisotopic (exact) mass is 262 g/mol. The maximum absolute atomic E-state index is 11.9. The van der Waals surface area contributed by atoms with Gasteiger partial charge in [0, 0.05) is 12.1 Å². The van der Waals surface area contributed by atoms with Gasteiger partial charge in [-0.15, -0.1) is 0 Å². The number of nitrogen functional groups attached to an aromatic ring is 1. The summed E-state index contributed by atoms with van der Waals surface area (Å²) in [6.45, 7) is 0. The van der Waals surface area contributed by atoms with E-state index in [2.05, 4.69) is 5.32 Å². The average molecular weight is 262 g/mol. The molecule has 0 bridgehead atoms. The number of carbonyl (C=O) groups excluding carboxylic acids is 1. The van der Waals surface area contributed by atoms with Gasteiger partial charge in [-0.3, -0.25) is 4.79 Å². The summed E-state index contributed by atoms with van der Waals surface area (Å²) >= 11 is 0. The van der Waals surface area contributed by atoms with Crippen LogP contribution in [0.15, 0.2) is 18.2 Å². The fourth-order valence-electron chi connectivity index (χ4n) is 2.67. The first-order valence-electron chi connectivity index (χ1n) is 6.92. The van der Waals surface area contributed by atoms with Crippen LogP contribution in [0.5, 0.6) is 5.75 Å². The Morgan fingerprint density at radius 2 is 2.16 bits per heavy atom. The number of hydrogen-bond acceptors (Lipinski definition) is 3. The lowest BCUT2D eigenvalue weighted by molar-refractivity contribution is -0.116. The van der Waals surface area contributed by atoms with Crippen LogP contribution in [-0.2, 0) is 4.79 Å². The van der Waals surface area contributed by atoms with Gasteiger partial charge in [-0.05, 0) is 30.5 Å². The molecule has 0 saturated heterocycles. The molecule has 0 aliphatic heterocycles. The molecule has 0 unspecified atom stereocenters. The van der Waals surface area contributed by atoms with E-state index < -0.39 is 0 Å². The van der Waals surface area contributed by atoms with Gasteiger partial charge in [0.05, 0.1) is 12.8 Å². The summed E-state index contributed by atoms with van der Waals surface area (Å²) in [6, 6.07) is 5.30. The van der Waals surface area contributed by atoms with Crippen molar-refractivity contribution in [1.82, 2.24) is 0 Å². The highest BCUT2D eigenvalue weighted by Crippen LogP contribution is 2.29. The molecule has 0 radical (unpaired) electrons. The molecule has 1 aromatic carbocycles. The van der Waals surface area contributed by atoms with Crippen LogP contribution in [0.4, 0.5) is 11.4 Å². The van der Waals surface area contributed by atoms with Gasteiger partial charge < -0.3 is 15.8 Å². The van der Waals surface area contributed by atoms with Crippen molar-refractivity contribution in [1.29, 1.82) is 0 Å². The summed E-state index contributed by atoms with van der Waals surface area (Å²) in [5, 5.41) is 2.88. The Balaban J connectivity index is 1.82. The molecule has 4 nitrogen and oxygen atoms in total. The van der Waals surface area contributed by atoms with E-state index in [0.29, 0.717) is 17.9 Å². The Morgan fingerprint density at radius 3 is 2.79 bits per heavy atom. The number of amides is 1. The van der Waals surface area contributed by atoms with E-state index >= 15 is 0 Å². The third-order valence-electron chi connectivity index (χ3n) is 3.77. The third-order valence-corrected chi connectivity index (χ3v) is 3.77. The Bertz CT molecular complexity index is 440. The summed E-state index contributed by atoms with van der Waals surface area (Å²) in [5.74, 6) is 1.44. The van der Waals surface area contributed by atoms with E-state index in [-0.39, 0.29) is 5.91 Å². The van der Waals surface area contributed by atoms with Gasteiger partial charge in [-0.2, -0.15) is 0 Å². The van der Waals surface area contributed by atoms with Crippen molar-refractivity contribution in [3.05, 3.63) is 18.2 Å². The van der Waals surface area contributed by atoms with E-state index in [1.165, 1.54) is 25.7 Å². The molecule has 1 fully saturated rings. The van der Waals surface area contributed by atoms with E-state index in [4.69, 9.17) is 10.5 Å². The summed E-state index contributed by atoms with van der Waals surface area (Å²) in [6.07, 6.45) is 6.79. The molecule has 0 atom stereocenters. The van der Waals surface area contributed by atoms with Gasteiger partial charge in [-0.25, -0.2) is 0 Å². The van der Waals surface area contributed by atoms with Crippen LogP contribution in [0, 0.1) is 5.92 Å². The smallest absolute Gasteiger partial charge is 0.224 e. The van der Waals surface area contributed by atoms with Gasteiger partial charge in [0.2, 0.25) is 5.91 Å². The van der Waals surface area contributed by atoms with Gasteiger partial charge in [0.15, 0.2) is 0 Å². The van der Waals surface area contributed by atoms with Gasteiger partial charge in [0.25, 0.3) is 0 Å². The van der Waals surface area contributed by atoms with Crippen LogP contribution in [0.3, 0.4) is 0 Å². The predicted molar refractivity (Wildman–Crippen MR) is 77.2 cm³/mol. The molecule has 1 aliphatic carbocycles. The van der Waals surface area contributed by atoms with E-state index in [1.807, 2.05) is 6.07 Å². The van der Waals surface area contributed by atoms with Gasteiger partial charge in [0.1, 0.15) is 5.75 Å². The third kappa shape index (κ3) is 3.88. The van der Waals surface area contributed by atoms with Crippen molar-refractivity contribution in [2.45, 2.75) is 38.5 Å². The molecular weight excluding hydrogens is 240 g/mol. The minimum Gasteiger partial charge on any atom is -0.495 e. The normalized spacial score (nSPS) is 15.4. The van der Waals surface area contributed by atoms with Crippen LogP contribution >= 0.6 is 0 Å². The zero-order valence-electron chi connectivity index (χ0n) is 11.4. The second kappa shape index (κ2) is 6.45. The molecular formula is C15H22N2O2. The quantitative estimate of drug-likeness (QED) is 0.801. The summed E-state index contributed by atoms with van der Waals surface area (Å²) in [4.78, 5) is 11.9. The van der Waals surface area contributed by atoms with Crippen molar-refractivity contribution >= 4 is 17.3 Å². The number of nitrogens with two attached hydrogens (primary N) is 1. The first-order valence-corrected chi connectivity index (χ1v) is 6.92. The number of ether oxygens (including phenoxy) is 1. The van der Waals surface area contributed by atoms with E-state index in [1.54, 1.807) is 19.2 Å². The van der Waals surface area contributed by atoms with E-state index in [0.717, 1.165) is 18.0 Å². The molecule has 0 heterocycles. The summed E-state index contributed by atoms with van der Waals surface area (Å²) in [7, 11) is 1.57. The van der Waals surface area contributed by atoms with Gasteiger partial charge >= 0.3 is 0 Å². The molecule has 1 aromatic rings. The minimum atomic E-state index is 0.0662. The lowest BCUT2D eigenvalue weighted by Crippen LogP contribution is -2.13. The largest absolute Gasteiger partial charge is 0.495 e. The van der Waals surface area contributed by atoms with Crippen LogP contribution in [0.25, 0.3) is 0 Å². The second-order valence-electron chi connectivity index (χ2n) is 5.19. The lowest BCUT2D eigenvalue weighted by Gasteiger charge is -2.10.